The molecule has 1 aliphatic rings. The van der Waals surface area contributed by atoms with Crippen molar-refractivity contribution in [3.8, 4) is 11.5 Å². The Morgan fingerprint density at radius 3 is 2.88 bits per heavy atom. The third-order valence-corrected chi connectivity index (χ3v) is 3.00. The molecule has 1 atom stereocenters. The van der Waals surface area contributed by atoms with Crippen LogP contribution < -0.4 is 5.73 Å². The summed E-state index contributed by atoms with van der Waals surface area (Å²) in [6.45, 7) is 0. The van der Waals surface area contributed by atoms with E-state index in [2.05, 4.69) is 4.98 Å². The van der Waals surface area contributed by atoms with E-state index in [1.54, 1.807) is 0 Å². The van der Waals surface area contributed by atoms with Crippen molar-refractivity contribution >= 4 is 0 Å². The van der Waals surface area contributed by atoms with Gasteiger partial charge in [-0.2, -0.15) is 0 Å². The Kier molecular flexibility index (Phi) is 2.26. The standard InChI is InChI=1S/C13H14N2O/c14-10-6-7-12-11(8-10)15-13(16-12)9-4-2-1-3-5-9/h1-5,10H,6-8,14H2. The number of aromatic nitrogens is 1. The molecule has 2 aromatic rings. The second-order valence-corrected chi connectivity index (χ2v) is 4.26. The zero-order valence-electron chi connectivity index (χ0n) is 9.02. The number of hydrogen-bond acceptors (Lipinski definition) is 3. The Morgan fingerprint density at radius 2 is 2.06 bits per heavy atom. The molecule has 3 rings (SSSR count). The monoisotopic (exact) mass is 214 g/mol. The van der Waals surface area contributed by atoms with Crippen molar-refractivity contribution in [1.82, 2.24) is 4.98 Å². The van der Waals surface area contributed by atoms with E-state index in [0.29, 0.717) is 0 Å². The van der Waals surface area contributed by atoms with Crippen LogP contribution in [0.5, 0.6) is 0 Å². The van der Waals surface area contributed by atoms with E-state index in [1.807, 2.05) is 30.3 Å². The number of oxazole rings is 1. The Labute approximate surface area is 94.3 Å². The lowest BCUT2D eigenvalue weighted by Crippen LogP contribution is -2.27. The first-order valence-corrected chi connectivity index (χ1v) is 5.62. The zero-order valence-corrected chi connectivity index (χ0v) is 9.02. The molecule has 0 saturated carbocycles. The molecule has 0 bridgehead atoms. The summed E-state index contributed by atoms with van der Waals surface area (Å²) in [6.07, 6.45) is 2.75. The molecule has 0 aliphatic heterocycles. The molecule has 1 heterocycles. The minimum absolute atomic E-state index is 0.237. The first-order valence-electron chi connectivity index (χ1n) is 5.62. The fraction of sp³-hybridized carbons (Fsp3) is 0.308. The van der Waals surface area contributed by atoms with Gasteiger partial charge in [-0.3, -0.25) is 0 Å². The van der Waals surface area contributed by atoms with Crippen LogP contribution >= 0.6 is 0 Å². The molecule has 1 unspecified atom stereocenters. The first kappa shape index (κ1) is 9.60. The van der Waals surface area contributed by atoms with Gasteiger partial charge in [0.15, 0.2) is 0 Å². The van der Waals surface area contributed by atoms with Gasteiger partial charge < -0.3 is 10.2 Å². The average molecular weight is 214 g/mol. The number of fused-ring (bicyclic) bond motifs is 1. The predicted molar refractivity (Wildman–Crippen MR) is 61.9 cm³/mol. The molecule has 3 heteroatoms. The lowest BCUT2D eigenvalue weighted by Gasteiger charge is -2.14. The van der Waals surface area contributed by atoms with E-state index in [4.69, 9.17) is 10.2 Å². The van der Waals surface area contributed by atoms with E-state index in [0.717, 1.165) is 42.2 Å². The van der Waals surface area contributed by atoms with Crippen molar-refractivity contribution in [1.29, 1.82) is 0 Å². The molecule has 82 valence electrons. The number of benzene rings is 1. The molecule has 1 aliphatic carbocycles. The molecule has 0 amide bonds. The van der Waals surface area contributed by atoms with E-state index in [-0.39, 0.29) is 6.04 Å². The molecule has 3 nitrogen and oxygen atoms in total. The summed E-state index contributed by atoms with van der Waals surface area (Å²) in [5, 5.41) is 0. The summed E-state index contributed by atoms with van der Waals surface area (Å²) in [7, 11) is 0. The molecule has 1 aromatic carbocycles. The summed E-state index contributed by atoms with van der Waals surface area (Å²) in [6, 6.07) is 10.2. The van der Waals surface area contributed by atoms with Crippen LogP contribution in [0.15, 0.2) is 34.7 Å². The van der Waals surface area contributed by atoms with Gasteiger partial charge in [-0.1, -0.05) is 18.2 Å². The largest absolute Gasteiger partial charge is 0.441 e. The summed E-state index contributed by atoms with van der Waals surface area (Å²) >= 11 is 0. The van der Waals surface area contributed by atoms with Crippen LogP contribution in [0.25, 0.3) is 11.5 Å². The fourth-order valence-electron chi connectivity index (χ4n) is 2.11. The average Bonchev–Trinajstić information content (AvgIpc) is 2.73. The lowest BCUT2D eigenvalue weighted by molar-refractivity contribution is 0.463. The van der Waals surface area contributed by atoms with Gasteiger partial charge >= 0.3 is 0 Å². The van der Waals surface area contributed by atoms with E-state index in [1.165, 1.54) is 0 Å². The van der Waals surface area contributed by atoms with Crippen LogP contribution in [-0.4, -0.2) is 11.0 Å². The third-order valence-electron chi connectivity index (χ3n) is 3.00. The van der Waals surface area contributed by atoms with Gasteiger partial charge in [0.05, 0.1) is 5.69 Å². The van der Waals surface area contributed by atoms with Gasteiger partial charge in [-0.15, -0.1) is 0 Å². The van der Waals surface area contributed by atoms with Crippen LogP contribution in [0, 0.1) is 0 Å². The summed E-state index contributed by atoms with van der Waals surface area (Å²) < 4.78 is 5.77. The van der Waals surface area contributed by atoms with Crippen molar-refractivity contribution in [2.24, 2.45) is 5.73 Å². The number of nitrogens with two attached hydrogens (primary N) is 1. The van der Waals surface area contributed by atoms with Gasteiger partial charge in [0, 0.05) is 24.4 Å². The minimum Gasteiger partial charge on any atom is -0.441 e. The van der Waals surface area contributed by atoms with Crippen molar-refractivity contribution in [2.75, 3.05) is 0 Å². The lowest BCUT2D eigenvalue weighted by atomic mass is 9.98. The number of nitrogens with zero attached hydrogens (tertiary/aromatic N) is 1. The number of hydrogen-bond donors (Lipinski definition) is 1. The number of rotatable bonds is 1. The quantitative estimate of drug-likeness (QED) is 0.791. The van der Waals surface area contributed by atoms with Crippen molar-refractivity contribution < 1.29 is 4.42 Å². The summed E-state index contributed by atoms with van der Waals surface area (Å²) in [4.78, 5) is 4.52. The molecular formula is C13H14N2O. The highest BCUT2D eigenvalue weighted by molar-refractivity contribution is 5.53. The molecule has 0 saturated heterocycles. The maximum absolute atomic E-state index is 5.92. The van der Waals surface area contributed by atoms with Gasteiger partial charge in [0.25, 0.3) is 0 Å². The summed E-state index contributed by atoms with van der Waals surface area (Å²) in [5.74, 6) is 1.74. The van der Waals surface area contributed by atoms with E-state index >= 15 is 0 Å². The second-order valence-electron chi connectivity index (χ2n) is 4.26. The van der Waals surface area contributed by atoms with Gasteiger partial charge in [0.1, 0.15) is 5.76 Å². The Hall–Kier alpha value is -1.61. The highest BCUT2D eigenvalue weighted by atomic mass is 16.4. The van der Waals surface area contributed by atoms with Gasteiger partial charge in [0.2, 0.25) is 5.89 Å². The van der Waals surface area contributed by atoms with Crippen molar-refractivity contribution in [2.45, 2.75) is 25.3 Å². The SMILES string of the molecule is NC1CCc2oc(-c3ccccc3)nc2C1. The van der Waals surface area contributed by atoms with E-state index < -0.39 is 0 Å². The molecule has 0 fully saturated rings. The van der Waals surface area contributed by atoms with Crippen LogP contribution in [0.2, 0.25) is 0 Å². The molecule has 0 spiro atoms. The Bertz CT molecular complexity index is 490. The van der Waals surface area contributed by atoms with Gasteiger partial charge in [-0.25, -0.2) is 4.98 Å². The molecule has 1 aromatic heterocycles. The first-order chi connectivity index (χ1) is 7.83. The minimum atomic E-state index is 0.237. The van der Waals surface area contributed by atoms with Crippen LogP contribution in [0.4, 0.5) is 0 Å². The third kappa shape index (κ3) is 1.63. The highest BCUT2D eigenvalue weighted by Gasteiger charge is 2.21. The van der Waals surface area contributed by atoms with Crippen molar-refractivity contribution in [3.63, 3.8) is 0 Å². The van der Waals surface area contributed by atoms with Crippen molar-refractivity contribution in [3.05, 3.63) is 41.8 Å². The predicted octanol–water partition coefficient (Wildman–Crippen LogP) is 2.16. The Balaban J connectivity index is 1.99. The zero-order chi connectivity index (χ0) is 11.0. The molecular weight excluding hydrogens is 200 g/mol. The van der Waals surface area contributed by atoms with Gasteiger partial charge in [-0.05, 0) is 18.6 Å². The normalized spacial score (nSPS) is 19.4. The Morgan fingerprint density at radius 1 is 1.25 bits per heavy atom. The maximum atomic E-state index is 5.92. The topological polar surface area (TPSA) is 52.0 Å². The molecule has 0 radical (unpaired) electrons. The second kappa shape index (κ2) is 3.76. The molecule has 16 heavy (non-hydrogen) atoms. The molecule has 2 N–H and O–H groups in total. The fourth-order valence-corrected chi connectivity index (χ4v) is 2.11. The van der Waals surface area contributed by atoms with Crippen LogP contribution in [-0.2, 0) is 12.8 Å². The summed E-state index contributed by atoms with van der Waals surface area (Å²) in [5.41, 5.74) is 7.99. The number of aryl methyl sites for hydroxylation is 1. The highest BCUT2D eigenvalue weighted by Crippen LogP contribution is 2.26. The van der Waals surface area contributed by atoms with E-state index in [9.17, 15) is 0 Å². The van der Waals surface area contributed by atoms with Crippen LogP contribution in [0.1, 0.15) is 17.9 Å². The maximum Gasteiger partial charge on any atom is 0.226 e. The smallest absolute Gasteiger partial charge is 0.226 e. The van der Waals surface area contributed by atoms with Crippen LogP contribution in [0.3, 0.4) is 0 Å².